The molecule has 35 heavy (non-hydrogen) atoms. The molecule has 0 spiro atoms. The standard InChI is InChI=1S/C31H36O4/c1-9-30(5,6)35-28-16-14-26(18-21(28)3)31(7,8)25-13-15-27(20(2)17-25)34-29(33)24-12-10-11-23(19-24)22(4)32/h10-19H,9H2,1-8H3. The van der Waals surface area contributed by atoms with Crippen molar-refractivity contribution in [2.75, 3.05) is 0 Å². The summed E-state index contributed by atoms with van der Waals surface area (Å²) in [5, 5.41) is 0. The van der Waals surface area contributed by atoms with Crippen LogP contribution in [0.5, 0.6) is 11.5 Å². The van der Waals surface area contributed by atoms with Gasteiger partial charge in [-0.05, 0) is 87.6 Å². The number of carbonyl (C=O) groups excluding carboxylic acids is 2. The van der Waals surface area contributed by atoms with Gasteiger partial charge in [-0.3, -0.25) is 4.79 Å². The van der Waals surface area contributed by atoms with Gasteiger partial charge in [0.2, 0.25) is 0 Å². The molecular formula is C31H36O4. The maximum atomic E-state index is 12.7. The van der Waals surface area contributed by atoms with Gasteiger partial charge in [0, 0.05) is 11.0 Å². The smallest absolute Gasteiger partial charge is 0.343 e. The second-order valence-electron chi connectivity index (χ2n) is 10.3. The van der Waals surface area contributed by atoms with Crippen molar-refractivity contribution in [3.05, 3.63) is 94.0 Å². The Hall–Kier alpha value is -3.40. The molecule has 0 heterocycles. The molecule has 0 aliphatic rings. The molecule has 0 unspecified atom stereocenters. The quantitative estimate of drug-likeness (QED) is 0.192. The predicted molar refractivity (Wildman–Crippen MR) is 141 cm³/mol. The summed E-state index contributed by atoms with van der Waals surface area (Å²) in [5.41, 5.74) is 4.65. The van der Waals surface area contributed by atoms with Gasteiger partial charge < -0.3 is 9.47 Å². The van der Waals surface area contributed by atoms with Gasteiger partial charge in [-0.25, -0.2) is 4.79 Å². The highest BCUT2D eigenvalue weighted by atomic mass is 16.5. The van der Waals surface area contributed by atoms with Gasteiger partial charge in [0.05, 0.1) is 5.56 Å². The topological polar surface area (TPSA) is 52.6 Å². The SMILES string of the molecule is CCC(C)(C)Oc1ccc(C(C)(C)c2ccc(OC(=O)c3cccc(C(C)=O)c3)c(C)c2)cc1C. The number of ketones is 1. The monoisotopic (exact) mass is 472 g/mol. The number of hydrogen-bond donors (Lipinski definition) is 0. The first-order valence-electron chi connectivity index (χ1n) is 12.1. The summed E-state index contributed by atoms with van der Waals surface area (Å²) in [6.45, 7) is 16.2. The predicted octanol–water partition coefficient (Wildman–Crippen LogP) is 7.62. The Bertz CT molecular complexity index is 1250. The number of Topliss-reactive ketones (excluding diaryl/α,β-unsaturated/α-hetero) is 1. The second-order valence-corrected chi connectivity index (χ2v) is 10.3. The minimum absolute atomic E-state index is 0.0914. The fourth-order valence-corrected chi connectivity index (χ4v) is 3.87. The Balaban J connectivity index is 1.83. The van der Waals surface area contributed by atoms with Gasteiger partial charge in [0.25, 0.3) is 0 Å². The van der Waals surface area contributed by atoms with Crippen LogP contribution < -0.4 is 9.47 Å². The van der Waals surface area contributed by atoms with Gasteiger partial charge in [0.1, 0.15) is 17.1 Å². The van der Waals surface area contributed by atoms with Crippen LogP contribution in [-0.2, 0) is 5.41 Å². The Morgan fingerprint density at radius 2 is 1.31 bits per heavy atom. The fraction of sp³-hybridized carbons (Fsp3) is 0.355. The average molecular weight is 473 g/mol. The largest absolute Gasteiger partial charge is 0.488 e. The lowest BCUT2D eigenvalue weighted by Gasteiger charge is -2.29. The molecule has 0 saturated heterocycles. The number of aryl methyl sites for hydroxylation is 2. The molecule has 0 N–H and O–H groups in total. The van der Waals surface area contributed by atoms with Crippen molar-refractivity contribution in [2.45, 2.75) is 72.8 Å². The van der Waals surface area contributed by atoms with Crippen LogP contribution in [0.15, 0.2) is 60.7 Å². The van der Waals surface area contributed by atoms with E-state index >= 15 is 0 Å². The molecule has 0 aliphatic carbocycles. The molecule has 0 amide bonds. The third-order valence-corrected chi connectivity index (χ3v) is 6.74. The van der Waals surface area contributed by atoms with Gasteiger partial charge in [-0.1, -0.05) is 57.2 Å². The van der Waals surface area contributed by atoms with E-state index in [1.54, 1.807) is 24.3 Å². The Morgan fingerprint density at radius 1 is 0.771 bits per heavy atom. The molecule has 0 atom stereocenters. The molecule has 0 radical (unpaired) electrons. The molecule has 4 nitrogen and oxygen atoms in total. The van der Waals surface area contributed by atoms with Gasteiger partial charge >= 0.3 is 5.97 Å². The van der Waals surface area contributed by atoms with Crippen LogP contribution in [-0.4, -0.2) is 17.4 Å². The van der Waals surface area contributed by atoms with E-state index in [9.17, 15) is 9.59 Å². The molecule has 3 aromatic rings. The minimum Gasteiger partial charge on any atom is -0.488 e. The number of hydrogen-bond acceptors (Lipinski definition) is 4. The van der Waals surface area contributed by atoms with E-state index in [-0.39, 0.29) is 16.8 Å². The highest BCUT2D eigenvalue weighted by molar-refractivity contribution is 5.98. The molecular weight excluding hydrogens is 436 g/mol. The lowest BCUT2D eigenvalue weighted by atomic mass is 9.77. The first-order chi connectivity index (χ1) is 16.3. The minimum atomic E-state index is -0.482. The first-order valence-corrected chi connectivity index (χ1v) is 12.1. The molecule has 0 bridgehead atoms. The van der Waals surface area contributed by atoms with E-state index in [0.717, 1.165) is 28.9 Å². The van der Waals surface area contributed by atoms with Crippen LogP contribution in [0.25, 0.3) is 0 Å². The van der Waals surface area contributed by atoms with Crippen molar-refractivity contribution in [1.29, 1.82) is 0 Å². The third-order valence-electron chi connectivity index (χ3n) is 6.74. The Morgan fingerprint density at radius 3 is 1.83 bits per heavy atom. The zero-order chi connectivity index (χ0) is 26.0. The maximum Gasteiger partial charge on any atom is 0.343 e. The third kappa shape index (κ3) is 6.00. The molecule has 0 aliphatic heterocycles. The van der Waals surface area contributed by atoms with Gasteiger partial charge in [-0.15, -0.1) is 0 Å². The summed E-state index contributed by atoms with van der Waals surface area (Å²) in [7, 11) is 0. The van der Waals surface area contributed by atoms with Crippen LogP contribution in [0.1, 0.15) is 90.9 Å². The molecule has 0 saturated carbocycles. The van der Waals surface area contributed by atoms with E-state index in [2.05, 4.69) is 65.8 Å². The lowest BCUT2D eigenvalue weighted by Crippen LogP contribution is -2.27. The Labute approximate surface area is 209 Å². The molecule has 4 heteroatoms. The van der Waals surface area contributed by atoms with E-state index in [1.165, 1.54) is 12.5 Å². The van der Waals surface area contributed by atoms with Crippen LogP contribution >= 0.6 is 0 Å². The summed E-state index contributed by atoms with van der Waals surface area (Å²) in [4.78, 5) is 24.3. The van der Waals surface area contributed by atoms with Crippen molar-refractivity contribution in [3.63, 3.8) is 0 Å². The zero-order valence-electron chi connectivity index (χ0n) is 22.1. The maximum absolute atomic E-state index is 12.7. The van der Waals surface area contributed by atoms with E-state index in [0.29, 0.717) is 16.9 Å². The first kappa shape index (κ1) is 26.2. The molecule has 3 aromatic carbocycles. The van der Waals surface area contributed by atoms with E-state index in [4.69, 9.17) is 9.47 Å². The van der Waals surface area contributed by atoms with Crippen LogP contribution in [0.4, 0.5) is 0 Å². The Kier molecular flexibility index (Phi) is 7.54. The zero-order valence-corrected chi connectivity index (χ0v) is 22.1. The van der Waals surface area contributed by atoms with E-state index in [1.807, 2.05) is 19.1 Å². The average Bonchev–Trinajstić information content (AvgIpc) is 2.81. The van der Waals surface area contributed by atoms with Crippen molar-refractivity contribution < 1.29 is 19.1 Å². The fourth-order valence-electron chi connectivity index (χ4n) is 3.87. The van der Waals surface area contributed by atoms with Crippen LogP contribution in [0.3, 0.4) is 0 Å². The van der Waals surface area contributed by atoms with Crippen molar-refractivity contribution in [1.82, 2.24) is 0 Å². The molecule has 0 aromatic heterocycles. The number of ether oxygens (including phenoxy) is 2. The van der Waals surface area contributed by atoms with Crippen molar-refractivity contribution in [2.24, 2.45) is 0 Å². The van der Waals surface area contributed by atoms with Crippen molar-refractivity contribution >= 4 is 11.8 Å². The summed E-state index contributed by atoms with van der Waals surface area (Å²) >= 11 is 0. The summed E-state index contributed by atoms with van der Waals surface area (Å²) in [6, 6.07) is 18.9. The highest BCUT2D eigenvalue weighted by Gasteiger charge is 2.26. The van der Waals surface area contributed by atoms with Crippen LogP contribution in [0, 0.1) is 13.8 Å². The summed E-state index contributed by atoms with van der Waals surface area (Å²) in [6.07, 6.45) is 0.929. The molecule has 184 valence electrons. The number of benzene rings is 3. The van der Waals surface area contributed by atoms with E-state index < -0.39 is 5.97 Å². The summed E-state index contributed by atoms with van der Waals surface area (Å²) in [5.74, 6) is 0.837. The van der Waals surface area contributed by atoms with Crippen LogP contribution in [0.2, 0.25) is 0 Å². The molecule has 3 rings (SSSR count). The molecule has 0 fully saturated rings. The second kappa shape index (κ2) is 10.1. The lowest BCUT2D eigenvalue weighted by molar-refractivity contribution is 0.0733. The number of esters is 1. The van der Waals surface area contributed by atoms with Gasteiger partial charge in [0.15, 0.2) is 5.78 Å². The highest BCUT2D eigenvalue weighted by Crippen LogP contribution is 2.36. The summed E-state index contributed by atoms with van der Waals surface area (Å²) < 4.78 is 11.9. The number of rotatable bonds is 8. The number of carbonyl (C=O) groups is 2. The van der Waals surface area contributed by atoms with Crippen molar-refractivity contribution in [3.8, 4) is 11.5 Å². The normalized spacial score (nSPS) is 11.8. The van der Waals surface area contributed by atoms with Gasteiger partial charge in [-0.2, -0.15) is 0 Å².